The molecule has 1 N–H and O–H groups in total. The minimum Gasteiger partial charge on any atom is -0.444 e. The van der Waals surface area contributed by atoms with Crippen molar-refractivity contribution in [3.05, 3.63) is 0 Å². The molecule has 61 heavy (non-hydrogen) atoms. The number of carbonyl (C=O) groups is 3. The molecule has 0 bridgehead atoms. The van der Waals surface area contributed by atoms with E-state index in [1.54, 1.807) is 4.90 Å². The van der Waals surface area contributed by atoms with Crippen molar-refractivity contribution in [1.82, 2.24) is 15.1 Å². The van der Waals surface area contributed by atoms with E-state index in [1.165, 1.54) is 38.5 Å². The zero-order chi connectivity index (χ0) is 46.0. The second-order valence-corrected chi connectivity index (χ2v) is 29.8. The predicted molar refractivity (Wildman–Crippen MR) is 250 cm³/mol. The van der Waals surface area contributed by atoms with E-state index >= 15 is 0 Å². The summed E-state index contributed by atoms with van der Waals surface area (Å²) in [6, 6.07) is 0.116. The molecule has 11 heteroatoms. The lowest BCUT2D eigenvalue weighted by atomic mass is 9.44. The Hall–Kier alpha value is -2.01. The van der Waals surface area contributed by atoms with Gasteiger partial charge >= 0.3 is 18.3 Å². The average Bonchev–Trinajstić information content (AvgIpc) is 3.45. The monoisotopic (exact) mass is 876 g/mol. The van der Waals surface area contributed by atoms with Gasteiger partial charge in [-0.05, 0) is 204 Å². The van der Waals surface area contributed by atoms with Crippen molar-refractivity contribution in [2.24, 2.45) is 46.3 Å². The molecule has 9 atom stereocenters. The molecule has 10 nitrogen and oxygen atoms in total. The van der Waals surface area contributed by atoms with Crippen LogP contribution in [-0.2, 0) is 18.6 Å². The lowest BCUT2D eigenvalue weighted by Crippen LogP contribution is -2.56. The van der Waals surface area contributed by atoms with Crippen molar-refractivity contribution in [3.63, 3.8) is 0 Å². The fraction of sp³-hybridized carbons (Fsp3) is 0.940. The number of carbonyl (C=O) groups excluding carboxylic acids is 3. The molecule has 0 saturated heterocycles. The lowest BCUT2D eigenvalue weighted by Gasteiger charge is -2.62. The maximum absolute atomic E-state index is 14.1. The minimum atomic E-state index is -1.79. The Labute approximate surface area is 374 Å². The number of rotatable bonds is 14. The summed E-state index contributed by atoms with van der Waals surface area (Å²) in [5.41, 5.74) is -1.09. The molecule has 0 unspecified atom stereocenters. The van der Waals surface area contributed by atoms with Crippen LogP contribution in [0.4, 0.5) is 14.4 Å². The molecule has 0 aromatic rings. The van der Waals surface area contributed by atoms with Gasteiger partial charge in [-0.2, -0.15) is 0 Å². The normalized spacial score (nSPS) is 30.0. The third-order valence-corrected chi connectivity index (χ3v) is 20.5. The van der Waals surface area contributed by atoms with Crippen LogP contribution in [0.15, 0.2) is 0 Å². The number of hydrogen-bond acceptors (Lipinski definition) is 7. The van der Waals surface area contributed by atoms with Crippen molar-refractivity contribution >= 4 is 26.6 Å². The number of hydrogen-bond donors (Lipinski definition) is 1. The van der Waals surface area contributed by atoms with Crippen molar-refractivity contribution in [2.45, 2.75) is 222 Å². The van der Waals surface area contributed by atoms with E-state index in [4.69, 9.17) is 18.6 Å². The van der Waals surface area contributed by atoms with Gasteiger partial charge in [0.2, 0.25) is 0 Å². The number of ether oxygens (including phenoxy) is 3. The van der Waals surface area contributed by atoms with E-state index in [9.17, 15) is 14.4 Å². The number of amides is 3. The van der Waals surface area contributed by atoms with Gasteiger partial charge in [-0.3, -0.25) is 0 Å². The summed E-state index contributed by atoms with van der Waals surface area (Å²) >= 11 is 0. The summed E-state index contributed by atoms with van der Waals surface area (Å²) in [4.78, 5) is 43.4. The first-order valence-electron chi connectivity index (χ1n) is 24.5. The van der Waals surface area contributed by atoms with Crippen LogP contribution in [-0.4, -0.2) is 92.0 Å². The highest BCUT2D eigenvalue weighted by atomic mass is 28.4. The topological polar surface area (TPSA) is 107 Å². The fourth-order valence-electron chi connectivity index (χ4n) is 11.9. The highest BCUT2D eigenvalue weighted by molar-refractivity contribution is 6.74. The van der Waals surface area contributed by atoms with Crippen molar-refractivity contribution in [3.8, 4) is 0 Å². The number of fused-ring (bicyclic) bond motifs is 5. The van der Waals surface area contributed by atoms with E-state index in [1.807, 2.05) is 67.2 Å². The summed E-state index contributed by atoms with van der Waals surface area (Å²) in [6.07, 6.45) is 12.1. The molecule has 4 aliphatic carbocycles. The average molecular weight is 876 g/mol. The molecule has 4 saturated carbocycles. The Balaban J connectivity index is 1.40. The van der Waals surface area contributed by atoms with E-state index in [-0.39, 0.29) is 23.3 Å². The second kappa shape index (κ2) is 19.6. The largest absolute Gasteiger partial charge is 0.444 e. The molecule has 0 radical (unpaired) electrons. The molecule has 0 aromatic carbocycles. The van der Waals surface area contributed by atoms with E-state index in [2.05, 4.69) is 60.0 Å². The molecule has 0 heterocycles. The van der Waals surface area contributed by atoms with Crippen LogP contribution in [0, 0.1) is 46.3 Å². The van der Waals surface area contributed by atoms with Gasteiger partial charge in [0.05, 0.1) is 0 Å². The molecule has 0 spiro atoms. The maximum atomic E-state index is 14.1. The van der Waals surface area contributed by atoms with Crippen LogP contribution in [0.1, 0.15) is 181 Å². The van der Waals surface area contributed by atoms with Crippen LogP contribution >= 0.6 is 0 Å². The third-order valence-electron chi connectivity index (χ3n) is 16.0. The molecule has 3 amide bonds. The van der Waals surface area contributed by atoms with Crippen LogP contribution in [0.2, 0.25) is 18.1 Å². The van der Waals surface area contributed by atoms with Crippen molar-refractivity contribution in [1.29, 1.82) is 0 Å². The quantitative estimate of drug-likeness (QED) is 0.105. The fourth-order valence-corrected chi connectivity index (χ4v) is 13.0. The number of unbranched alkanes of at least 4 members (excludes halogenated alkanes) is 1. The van der Waals surface area contributed by atoms with Crippen LogP contribution in [0.3, 0.4) is 0 Å². The maximum Gasteiger partial charge on any atom is 0.410 e. The first-order valence-corrected chi connectivity index (χ1v) is 27.4. The summed E-state index contributed by atoms with van der Waals surface area (Å²) < 4.78 is 24.1. The summed E-state index contributed by atoms with van der Waals surface area (Å²) in [7, 11) is -1.79. The van der Waals surface area contributed by atoms with Gasteiger partial charge < -0.3 is 33.8 Å². The highest BCUT2D eigenvalue weighted by Crippen LogP contribution is 2.68. The van der Waals surface area contributed by atoms with Crippen molar-refractivity contribution in [2.75, 3.05) is 32.8 Å². The highest BCUT2D eigenvalue weighted by Gasteiger charge is 2.61. The molecule has 0 aromatic heterocycles. The van der Waals surface area contributed by atoms with Crippen LogP contribution in [0.5, 0.6) is 0 Å². The lowest BCUT2D eigenvalue weighted by molar-refractivity contribution is -0.124. The predicted octanol–water partition coefficient (Wildman–Crippen LogP) is 12.8. The van der Waals surface area contributed by atoms with E-state index in [0.717, 1.165) is 49.5 Å². The minimum absolute atomic E-state index is 0.116. The molecule has 0 aliphatic heterocycles. The summed E-state index contributed by atoms with van der Waals surface area (Å²) in [6.45, 7) is 39.4. The van der Waals surface area contributed by atoms with Crippen LogP contribution < -0.4 is 5.32 Å². The molecule has 4 aliphatic rings. The second-order valence-electron chi connectivity index (χ2n) is 25.0. The van der Waals surface area contributed by atoms with E-state index < -0.39 is 31.2 Å². The Morgan fingerprint density at radius 1 is 0.689 bits per heavy atom. The molecule has 354 valence electrons. The molecule has 4 rings (SSSR count). The van der Waals surface area contributed by atoms with Gasteiger partial charge in [-0.15, -0.1) is 0 Å². The van der Waals surface area contributed by atoms with Crippen LogP contribution in [0.25, 0.3) is 0 Å². The third kappa shape index (κ3) is 13.5. The first kappa shape index (κ1) is 51.6. The Kier molecular flexibility index (Phi) is 16.6. The Morgan fingerprint density at radius 3 is 1.87 bits per heavy atom. The summed E-state index contributed by atoms with van der Waals surface area (Å²) in [5, 5.41) is 3.05. The van der Waals surface area contributed by atoms with Gasteiger partial charge in [0, 0.05) is 38.8 Å². The standard InChI is InChI=1S/C50H93N3O7Si/c1-35(34-57-61(16,17)48(11,12)13)39-23-24-40-38-22-21-36-33-37(25-27-49(36,14)41(38)26-28-50(39,40)15)53(44(56)60-47(8,9)10)32-20-31-52(43(55)59-46(5,6)7)30-19-18-29-51-42(54)58-45(2,3)4/h35-41H,18-34H2,1-17H3,(H,51,54)/t35-,36+,37-,38+,39-,40+,41+,49+,50-/m1/s1. The zero-order valence-corrected chi connectivity index (χ0v) is 43.3. The number of nitrogens with zero attached hydrogens (tertiary/aromatic N) is 2. The van der Waals surface area contributed by atoms with Gasteiger partial charge in [-0.25, -0.2) is 14.4 Å². The van der Waals surface area contributed by atoms with E-state index in [0.29, 0.717) is 68.1 Å². The van der Waals surface area contributed by atoms with Gasteiger partial charge in [0.25, 0.3) is 0 Å². The zero-order valence-electron chi connectivity index (χ0n) is 42.3. The number of alkyl carbamates (subject to hydrolysis) is 1. The first-order chi connectivity index (χ1) is 27.9. The smallest absolute Gasteiger partial charge is 0.410 e. The Bertz CT molecular complexity index is 1480. The van der Waals surface area contributed by atoms with Gasteiger partial charge in [0.15, 0.2) is 8.32 Å². The molecule has 4 fully saturated rings. The molecular formula is C50H93N3O7Si. The summed E-state index contributed by atoms with van der Waals surface area (Å²) in [5.74, 6) is 4.26. The van der Waals surface area contributed by atoms with Gasteiger partial charge in [-0.1, -0.05) is 41.5 Å². The van der Waals surface area contributed by atoms with Gasteiger partial charge in [0.1, 0.15) is 16.8 Å². The molecular weight excluding hydrogens is 783 g/mol. The Morgan fingerprint density at radius 2 is 1.26 bits per heavy atom. The van der Waals surface area contributed by atoms with Crippen molar-refractivity contribution < 1.29 is 33.0 Å². The number of nitrogens with one attached hydrogen (secondary N) is 1. The SMILES string of the molecule is C[C@H](CO[Si](C)(C)C(C)(C)C)[C@H]1CC[C@H]2[C@@H]3CC[C@H]4C[C@H](N(CCCN(CCCCNC(=O)OC(C)(C)C)C(=O)OC(C)(C)C)C(=O)OC(C)(C)C)CC[C@]4(C)[C@H]3CC[C@]12C.